The Hall–Kier alpha value is -1.41. The molecule has 1 aliphatic heterocycles. The van der Waals surface area contributed by atoms with Crippen LogP contribution in [-0.4, -0.2) is 35.0 Å². The van der Waals surface area contributed by atoms with Gasteiger partial charge in [0.05, 0.1) is 18.8 Å². The fraction of sp³-hybridized carbons (Fsp3) is 0.333. The van der Waals surface area contributed by atoms with Gasteiger partial charge in [0, 0.05) is 9.65 Å². The van der Waals surface area contributed by atoms with E-state index in [1.165, 1.54) is 11.6 Å². The first-order chi connectivity index (χ1) is 9.93. The highest BCUT2D eigenvalue weighted by atomic mass is 127. The predicted molar refractivity (Wildman–Crippen MR) is 88.8 cm³/mol. The molecule has 0 unspecified atom stereocenters. The van der Waals surface area contributed by atoms with Crippen LogP contribution in [-0.2, 0) is 9.59 Å². The Morgan fingerprint density at radius 3 is 2.62 bits per heavy atom. The number of β-amino-alcohol motifs (C(OH)–C–C–N with tert-alkyl or cyclic N) is 1. The van der Waals surface area contributed by atoms with Crippen molar-refractivity contribution >= 4 is 40.1 Å². The van der Waals surface area contributed by atoms with E-state index in [0.29, 0.717) is 5.92 Å². The van der Waals surface area contributed by atoms with E-state index in [-0.39, 0.29) is 18.8 Å². The van der Waals surface area contributed by atoms with E-state index in [0.717, 1.165) is 14.2 Å². The Kier molecular flexibility index (Phi) is 5.00. The van der Waals surface area contributed by atoms with Crippen LogP contribution in [0.15, 0.2) is 30.0 Å². The van der Waals surface area contributed by atoms with Gasteiger partial charge in [0.2, 0.25) is 0 Å². The molecule has 112 valence electrons. The minimum Gasteiger partial charge on any atom is -0.395 e. The largest absolute Gasteiger partial charge is 0.395 e. The first-order valence-electron chi connectivity index (χ1n) is 6.69. The van der Waals surface area contributed by atoms with Gasteiger partial charge in [-0.2, -0.15) is 0 Å². The Balaban J connectivity index is 2.18. The van der Waals surface area contributed by atoms with Gasteiger partial charge < -0.3 is 10.4 Å². The molecule has 0 atom stereocenters. The summed E-state index contributed by atoms with van der Waals surface area (Å²) in [5.74, 6) is -0.371. The van der Waals surface area contributed by atoms with Gasteiger partial charge in [-0.15, -0.1) is 0 Å². The molecule has 2 amide bonds. The van der Waals surface area contributed by atoms with E-state index in [1.807, 2.05) is 12.1 Å². The van der Waals surface area contributed by atoms with Crippen LogP contribution >= 0.6 is 22.6 Å². The van der Waals surface area contributed by atoms with Gasteiger partial charge in [0.15, 0.2) is 0 Å². The summed E-state index contributed by atoms with van der Waals surface area (Å²) >= 11 is 2.20. The maximum atomic E-state index is 12.1. The van der Waals surface area contributed by atoms with Gasteiger partial charge >= 0.3 is 0 Å². The maximum Gasteiger partial charge on any atom is 0.277 e. The molecule has 0 aliphatic carbocycles. The molecule has 0 fully saturated rings. The third kappa shape index (κ3) is 3.44. The number of carbonyl (C=O) groups excluding carboxylic acids is 2. The number of hydrogen-bond donors (Lipinski definition) is 2. The molecule has 1 aromatic rings. The molecule has 0 saturated heterocycles. The first kappa shape index (κ1) is 16.0. The summed E-state index contributed by atoms with van der Waals surface area (Å²) < 4.78 is 0.987. The average Bonchev–Trinajstić information content (AvgIpc) is 2.69. The average molecular weight is 400 g/mol. The molecule has 1 aromatic carbocycles. The van der Waals surface area contributed by atoms with Crippen molar-refractivity contribution in [3.63, 3.8) is 0 Å². The SMILES string of the molecule is CC(C)c1ccc(NC2=CC(=O)N(CCO)C2=O)c(I)c1. The Bertz CT molecular complexity index is 611. The summed E-state index contributed by atoms with van der Waals surface area (Å²) in [6.45, 7) is 4.02. The predicted octanol–water partition coefficient (Wildman–Crippen LogP) is 2.07. The van der Waals surface area contributed by atoms with Crippen molar-refractivity contribution in [1.29, 1.82) is 0 Å². The minimum absolute atomic E-state index is 0.0166. The van der Waals surface area contributed by atoms with Crippen molar-refractivity contribution < 1.29 is 14.7 Å². The molecule has 0 bridgehead atoms. The lowest BCUT2D eigenvalue weighted by atomic mass is 10.0. The molecule has 0 saturated carbocycles. The number of aliphatic hydroxyl groups is 1. The third-order valence-electron chi connectivity index (χ3n) is 3.26. The van der Waals surface area contributed by atoms with Gasteiger partial charge in [-0.25, -0.2) is 0 Å². The second kappa shape index (κ2) is 6.57. The highest BCUT2D eigenvalue weighted by Gasteiger charge is 2.30. The van der Waals surface area contributed by atoms with Gasteiger partial charge in [-0.1, -0.05) is 19.9 Å². The summed E-state index contributed by atoms with van der Waals surface area (Å²) in [5.41, 5.74) is 2.25. The van der Waals surface area contributed by atoms with Crippen LogP contribution in [0.25, 0.3) is 0 Å². The van der Waals surface area contributed by atoms with Crippen molar-refractivity contribution in [1.82, 2.24) is 4.90 Å². The van der Waals surface area contributed by atoms with E-state index < -0.39 is 11.8 Å². The molecule has 1 heterocycles. The smallest absolute Gasteiger partial charge is 0.277 e. The minimum atomic E-state index is -0.405. The molecule has 2 rings (SSSR count). The summed E-state index contributed by atoms with van der Waals surface area (Å²) in [6, 6.07) is 5.97. The normalized spacial score (nSPS) is 14.9. The van der Waals surface area contributed by atoms with Crippen LogP contribution in [0.3, 0.4) is 0 Å². The number of nitrogens with zero attached hydrogens (tertiary/aromatic N) is 1. The van der Waals surface area contributed by atoms with E-state index in [1.54, 1.807) is 0 Å². The van der Waals surface area contributed by atoms with E-state index in [2.05, 4.69) is 47.8 Å². The zero-order valence-corrected chi connectivity index (χ0v) is 14.0. The number of carbonyl (C=O) groups is 2. The number of imide groups is 1. The van der Waals surface area contributed by atoms with Crippen molar-refractivity contribution in [3.8, 4) is 0 Å². The summed E-state index contributed by atoms with van der Waals surface area (Å²) in [4.78, 5) is 24.8. The van der Waals surface area contributed by atoms with Crippen LogP contribution in [0.5, 0.6) is 0 Å². The number of anilines is 1. The fourth-order valence-corrected chi connectivity index (χ4v) is 2.72. The monoisotopic (exact) mass is 400 g/mol. The van der Waals surface area contributed by atoms with Gasteiger partial charge in [0.25, 0.3) is 11.8 Å². The van der Waals surface area contributed by atoms with Gasteiger partial charge in [-0.3, -0.25) is 14.5 Å². The molecule has 21 heavy (non-hydrogen) atoms. The zero-order chi connectivity index (χ0) is 15.6. The number of hydrogen-bond acceptors (Lipinski definition) is 4. The molecule has 0 radical (unpaired) electrons. The van der Waals surface area contributed by atoms with Gasteiger partial charge in [0.1, 0.15) is 5.70 Å². The fourth-order valence-electron chi connectivity index (χ4n) is 2.05. The Morgan fingerprint density at radius 2 is 2.05 bits per heavy atom. The van der Waals surface area contributed by atoms with E-state index in [9.17, 15) is 9.59 Å². The topological polar surface area (TPSA) is 69.6 Å². The van der Waals surface area contributed by atoms with E-state index >= 15 is 0 Å². The maximum absolute atomic E-state index is 12.1. The molecule has 5 nitrogen and oxygen atoms in total. The lowest BCUT2D eigenvalue weighted by Gasteiger charge is -2.15. The van der Waals surface area contributed by atoms with Crippen molar-refractivity contribution in [2.45, 2.75) is 19.8 Å². The Labute approximate surface area is 137 Å². The van der Waals surface area contributed by atoms with Crippen LogP contribution in [0.1, 0.15) is 25.3 Å². The Morgan fingerprint density at radius 1 is 1.33 bits per heavy atom. The molecule has 1 aliphatic rings. The van der Waals surface area contributed by atoms with Crippen molar-refractivity contribution in [2.75, 3.05) is 18.5 Å². The van der Waals surface area contributed by atoms with Gasteiger partial charge in [-0.05, 0) is 46.2 Å². The van der Waals surface area contributed by atoms with Crippen LogP contribution < -0.4 is 5.32 Å². The lowest BCUT2D eigenvalue weighted by molar-refractivity contribution is -0.137. The second-order valence-corrected chi connectivity index (χ2v) is 6.26. The molecule has 6 heteroatoms. The standard InChI is InChI=1S/C15H17IN2O3/c1-9(2)10-3-4-12(11(16)7-10)17-13-8-14(20)18(5-6-19)15(13)21/h3-4,7-9,17,19H,5-6H2,1-2H3. The third-order valence-corrected chi connectivity index (χ3v) is 4.15. The number of amides is 2. The molecule has 2 N–H and O–H groups in total. The summed E-state index contributed by atoms with van der Waals surface area (Å²) in [7, 11) is 0. The zero-order valence-electron chi connectivity index (χ0n) is 11.9. The molecular formula is C15H17IN2O3. The highest BCUT2D eigenvalue weighted by Crippen LogP contribution is 2.26. The molecule has 0 spiro atoms. The number of halogens is 1. The first-order valence-corrected chi connectivity index (χ1v) is 7.76. The molecule has 0 aromatic heterocycles. The highest BCUT2D eigenvalue weighted by molar-refractivity contribution is 14.1. The number of benzene rings is 1. The van der Waals surface area contributed by atoms with E-state index in [4.69, 9.17) is 5.11 Å². The quantitative estimate of drug-likeness (QED) is 0.587. The number of nitrogens with one attached hydrogen (secondary N) is 1. The number of aliphatic hydroxyl groups excluding tert-OH is 1. The summed E-state index contributed by atoms with van der Waals surface area (Å²) in [6.07, 6.45) is 1.27. The van der Waals surface area contributed by atoms with Crippen LogP contribution in [0.2, 0.25) is 0 Å². The summed E-state index contributed by atoms with van der Waals surface area (Å²) in [5, 5.41) is 11.9. The van der Waals surface area contributed by atoms with Crippen LogP contribution in [0.4, 0.5) is 5.69 Å². The van der Waals surface area contributed by atoms with Crippen molar-refractivity contribution in [3.05, 3.63) is 39.1 Å². The number of rotatable bonds is 5. The van der Waals surface area contributed by atoms with Crippen LogP contribution in [0, 0.1) is 3.57 Å². The lowest BCUT2D eigenvalue weighted by Crippen LogP contribution is -2.34. The second-order valence-electron chi connectivity index (χ2n) is 5.10. The molecular weight excluding hydrogens is 383 g/mol. The van der Waals surface area contributed by atoms with Crippen molar-refractivity contribution in [2.24, 2.45) is 0 Å².